The molecule has 1 aliphatic rings. The molecular formula is C22H24FNO4S. The van der Waals surface area contributed by atoms with Crippen molar-refractivity contribution in [3.05, 3.63) is 63.1 Å². The molecule has 29 heavy (non-hydrogen) atoms. The summed E-state index contributed by atoms with van der Waals surface area (Å²) in [6.07, 6.45) is 0.656. The molecule has 2 heterocycles. The Balaban J connectivity index is 1.99. The van der Waals surface area contributed by atoms with Gasteiger partial charge >= 0.3 is 0 Å². The van der Waals surface area contributed by atoms with Crippen LogP contribution in [0.25, 0.3) is 5.76 Å². The molecule has 1 saturated heterocycles. The topological polar surface area (TPSA) is 66.8 Å². The van der Waals surface area contributed by atoms with Gasteiger partial charge in [-0.3, -0.25) is 9.59 Å². The van der Waals surface area contributed by atoms with Gasteiger partial charge in [0.1, 0.15) is 11.6 Å². The monoisotopic (exact) mass is 417 g/mol. The largest absolute Gasteiger partial charge is 0.507 e. The Kier molecular flexibility index (Phi) is 6.49. The van der Waals surface area contributed by atoms with Gasteiger partial charge < -0.3 is 14.7 Å². The first kappa shape index (κ1) is 21.2. The van der Waals surface area contributed by atoms with Crippen LogP contribution in [0.5, 0.6) is 0 Å². The van der Waals surface area contributed by atoms with Crippen molar-refractivity contribution >= 4 is 28.8 Å². The lowest BCUT2D eigenvalue weighted by atomic mass is 9.99. The van der Waals surface area contributed by atoms with Crippen LogP contribution in [0.4, 0.5) is 4.39 Å². The standard InChI is InChI=1S/C22H24FNO4S/c1-13(2)28-10-5-9-24-19(17-6-4-11-29-17)18(21(26)22(24)27)20(25)15-7-8-16(23)14(3)12-15/h4,6-8,11-13,19,25H,5,9-10H2,1-3H3/b20-18-. The zero-order valence-corrected chi connectivity index (χ0v) is 17.5. The molecule has 1 amide bonds. The van der Waals surface area contributed by atoms with E-state index in [0.717, 1.165) is 4.88 Å². The van der Waals surface area contributed by atoms with Gasteiger partial charge in [-0.2, -0.15) is 0 Å². The summed E-state index contributed by atoms with van der Waals surface area (Å²) < 4.78 is 19.2. The molecule has 0 radical (unpaired) electrons. The minimum Gasteiger partial charge on any atom is -0.507 e. The number of ketones is 1. The summed E-state index contributed by atoms with van der Waals surface area (Å²) in [5, 5.41) is 12.8. The van der Waals surface area contributed by atoms with Crippen LogP contribution in [0.1, 0.15) is 42.3 Å². The number of nitrogens with zero attached hydrogens (tertiary/aromatic N) is 1. The van der Waals surface area contributed by atoms with Crippen molar-refractivity contribution in [3.8, 4) is 0 Å². The molecule has 1 aromatic heterocycles. The third-order valence-electron chi connectivity index (χ3n) is 4.78. The molecule has 1 aliphatic heterocycles. The molecule has 2 aromatic rings. The van der Waals surface area contributed by atoms with E-state index in [0.29, 0.717) is 30.7 Å². The molecule has 1 N–H and O–H groups in total. The van der Waals surface area contributed by atoms with Crippen LogP contribution in [-0.4, -0.2) is 41.0 Å². The highest BCUT2D eigenvalue weighted by molar-refractivity contribution is 7.10. The summed E-state index contributed by atoms with van der Waals surface area (Å²) in [5.74, 6) is -2.06. The number of hydrogen-bond donors (Lipinski definition) is 1. The molecule has 0 saturated carbocycles. The van der Waals surface area contributed by atoms with Crippen molar-refractivity contribution in [2.24, 2.45) is 0 Å². The SMILES string of the molecule is Cc1cc(/C(O)=C2/C(=O)C(=O)N(CCCOC(C)C)C2c2cccs2)ccc1F. The fourth-order valence-electron chi connectivity index (χ4n) is 3.35. The maximum Gasteiger partial charge on any atom is 0.295 e. The molecule has 0 aliphatic carbocycles. The molecule has 7 heteroatoms. The van der Waals surface area contributed by atoms with Gasteiger partial charge in [-0.05, 0) is 62.4 Å². The summed E-state index contributed by atoms with van der Waals surface area (Å²) in [4.78, 5) is 27.8. The lowest BCUT2D eigenvalue weighted by molar-refractivity contribution is -0.140. The summed E-state index contributed by atoms with van der Waals surface area (Å²) >= 11 is 1.41. The van der Waals surface area contributed by atoms with Crippen molar-refractivity contribution in [1.29, 1.82) is 0 Å². The van der Waals surface area contributed by atoms with E-state index in [1.54, 1.807) is 6.92 Å². The van der Waals surface area contributed by atoms with E-state index in [4.69, 9.17) is 4.74 Å². The predicted octanol–water partition coefficient (Wildman–Crippen LogP) is 4.43. The van der Waals surface area contributed by atoms with Gasteiger partial charge in [0.25, 0.3) is 11.7 Å². The minimum atomic E-state index is -0.729. The smallest absolute Gasteiger partial charge is 0.295 e. The number of halogens is 1. The summed E-state index contributed by atoms with van der Waals surface area (Å²) in [5.41, 5.74) is 0.696. The molecule has 1 atom stereocenters. The van der Waals surface area contributed by atoms with Crippen LogP contribution in [0.2, 0.25) is 0 Å². The Hall–Kier alpha value is -2.51. The number of likely N-dealkylation sites (tertiary alicyclic amines) is 1. The van der Waals surface area contributed by atoms with Gasteiger partial charge in [0.05, 0.1) is 17.7 Å². The number of benzene rings is 1. The fourth-order valence-corrected chi connectivity index (χ4v) is 4.20. The summed E-state index contributed by atoms with van der Waals surface area (Å²) in [6, 6.07) is 7.13. The first-order valence-electron chi connectivity index (χ1n) is 9.51. The number of ether oxygens (including phenoxy) is 1. The third kappa shape index (κ3) is 4.41. The van der Waals surface area contributed by atoms with E-state index >= 15 is 0 Å². The van der Waals surface area contributed by atoms with Crippen molar-refractivity contribution in [2.75, 3.05) is 13.2 Å². The van der Waals surface area contributed by atoms with Crippen molar-refractivity contribution in [3.63, 3.8) is 0 Å². The number of carbonyl (C=O) groups is 2. The highest BCUT2D eigenvalue weighted by Crippen LogP contribution is 2.41. The van der Waals surface area contributed by atoms with Gasteiger partial charge in [-0.25, -0.2) is 4.39 Å². The van der Waals surface area contributed by atoms with Crippen LogP contribution >= 0.6 is 11.3 Å². The molecule has 5 nitrogen and oxygen atoms in total. The first-order chi connectivity index (χ1) is 13.8. The van der Waals surface area contributed by atoms with E-state index in [-0.39, 0.29) is 17.4 Å². The van der Waals surface area contributed by atoms with Gasteiger partial charge in [0, 0.05) is 23.6 Å². The highest BCUT2D eigenvalue weighted by Gasteiger charge is 2.46. The number of thiophene rings is 1. The Bertz CT molecular complexity index is 936. The molecule has 1 unspecified atom stereocenters. The Morgan fingerprint density at radius 2 is 2.07 bits per heavy atom. The quantitative estimate of drug-likeness (QED) is 0.313. The van der Waals surface area contributed by atoms with Gasteiger partial charge in [0.15, 0.2) is 0 Å². The van der Waals surface area contributed by atoms with Gasteiger partial charge in [-0.1, -0.05) is 6.07 Å². The van der Waals surface area contributed by atoms with E-state index in [9.17, 15) is 19.1 Å². The zero-order valence-electron chi connectivity index (χ0n) is 16.6. The molecule has 154 valence electrons. The van der Waals surface area contributed by atoms with Crippen LogP contribution in [0.15, 0.2) is 41.3 Å². The minimum absolute atomic E-state index is 0.0354. The second-order valence-corrected chi connectivity index (χ2v) is 8.22. The normalized spacial score (nSPS) is 18.8. The Morgan fingerprint density at radius 1 is 1.31 bits per heavy atom. The number of hydrogen-bond acceptors (Lipinski definition) is 5. The molecule has 1 aromatic carbocycles. The number of rotatable bonds is 7. The Labute approximate surface area is 173 Å². The van der Waals surface area contributed by atoms with Gasteiger partial charge in [-0.15, -0.1) is 11.3 Å². The van der Waals surface area contributed by atoms with Crippen LogP contribution < -0.4 is 0 Å². The summed E-state index contributed by atoms with van der Waals surface area (Å²) in [7, 11) is 0. The maximum absolute atomic E-state index is 13.6. The van der Waals surface area contributed by atoms with Crippen molar-refractivity contribution in [2.45, 2.75) is 39.3 Å². The summed E-state index contributed by atoms with van der Waals surface area (Å²) in [6.45, 7) is 6.25. The Morgan fingerprint density at radius 3 is 2.69 bits per heavy atom. The second-order valence-electron chi connectivity index (χ2n) is 7.24. The molecular weight excluding hydrogens is 393 g/mol. The number of Topliss-reactive ketones (excluding diaryl/α,β-unsaturated/α-hetero) is 1. The lowest BCUT2D eigenvalue weighted by Gasteiger charge is -2.24. The number of aliphatic hydroxyl groups excluding tert-OH is 1. The molecule has 0 bridgehead atoms. The van der Waals surface area contributed by atoms with E-state index in [1.165, 1.54) is 34.4 Å². The van der Waals surface area contributed by atoms with Gasteiger partial charge in [0.2, 0.25) is 0 Å². The molecule has 1 fully saturated rings. The maximum atomic E-state index is 13.6. The zero-order chi connectivity index (χ0) is 21.1. The highest BCUT2D eigenvalue weighted by atomic mass is 32.1. The van der Waals surface area contributed by atoms with Crippen LogP contribution in [-0.2, 0) is 14.3 Å². The average molecular weight is 418 g/mol. The van der Waals surface area contributed by atoms with Crippen LogP contribution in [0.3, 0.4) is 0 Å². The number of amides is 1. The van der Waals surface area contributed by atoms with Crippen LogP contribution in [0, 0.1) is 12.7 Å². The second kappa shape index (κ2) is 8.88. The fraction of sp³-hybridized carbons (Fsp3) is 0.364. The number of aliphatic hydroxyl groups is 1. The lowest BCUT2D eigenvalue weighted by Crippen LogP contribution is -2.31. The third-order valence-corrected chi connectivity index (χ3v) is 5.70. The van der Waals surface area contributed by atoms with E-state index < -0.39 is 23.5 Å². The van der Waals surface area contributed by atoms with Crippen molar-refractivity contribution < 1.29 is 23.8 Å². The van der Waals surface area contributed by atoms with E-state index in [2.05, 4.69) is 0 Å². The van der Waals surface area contributed by atoms with E-state index in [1.807, 2.05) is 31.4 Å². The number of aryl methyl sites for hydroxylation is 1. The molecule has 3 rings (SSSR count). The molecule has 0 spiro atoms. The predicted molar refractivity (Wildman–Crippen MR) is 110 cm³/mol. The number of carbonyl (C=O) groups excluding carboxylic acids is 2. The van der Waals surface area contributed by atoms with Crippen molar-refractivity contribution in [1.82, 2.24) is 4.90 Å². The first-order valence-corrected chi connectivity index (χ1v) is 10.4. The average Bonchev–Trinajstić information content (AvgIpc) is 3.28.